The van der Waals surface area contributed by atoms with Crippen molar-refractivity contribution in [2.75, 3.05) is 0 Å². The van der Waals surface area contributed by atoms with Gasteiger partial charge in [0.1, 0.15) is 0 Å². The van der Waals surface area contributed by atoms with Gasteiger partial charge in [-0.05, 0) is 40.3 Å². The van der Waals surface area contributed by atoms with E-state index in [2.05, 4.69) is 22.6 Å². The van der Waals surface area contributed by atoms with Crippen LogP contribution in [0.3, 0.4) is 0 Å². The number of nitrogens with one attached hydrogen (secondary N) is 1. The van der Waals surface area contributed by atoms with Crippen molar-refractivity contribution in [3.05, 3.63) is 52.0 Å². The molecule has 1 heterocycles. The molecule has 2 rings (SSSR count). The summed E-state index contributed by atoms with van der Waals surface area (Å²) in [7, 11) is 0. The van der Waals surface area contributed by atoms with Crippen LogP contribution < -0.4 is 0 Å². The van der Waals surface area contributed by atoms with Crippen LogP contribution in [0.25, 0.3) is 17.1 Å². The van der Waals surface area contributed by atoms with Gasteiger partial charge in [0.15, 0.2) is 0 Å². The van der Waals surface area contributed by atoms with Gasteiger partial charge in [-0.25, -0.2) is 0 Å². The smallest absolute Gasteiger partial charge is 0.0665 e. The van der Waals surface area contributed by atoms with E-state index in [4.69, 9.17) is 5.84 Å². The minimum atomic E-state index is 0.927. The van der Waals surface area contributed by atoms with Gasteiger partial charge in [0.25, 0.3) is 0 Å². The average Bonchev–Trinajstić information content (AvgIpc) is 2.49. The number of aromatic nitrogens is 1. The number of hydrogen-bond donors (Lipinski definition) is 0. The van der Waals surface area contributed by atoms with E-state index < -0.39 is 0 Å². The van der Waals surface area contributed by atoms with E-state index in [9.17, 15) is 0 Å². The van der Waals surface area contributed by atoms with Gasteiger partial charge in [0, 0.05) is 5.69 Å². The Morgan fingerprint density at radius 3 is 2.23 bits per heavy atom. The molecule has 13 heavy (non-hydrogen) atoms. The zero-order chi connectivity index (χ0) is 9.26. The lowest BCUT2D eigenvalue weighted by Gasteiger charge is -2.12. The molecule has 0 atom stereocenters. The minimum Gasteiger partial charge on any atom is -0.631 e. The highest BCUT2D eigenvalue weighted by Gasteiger charge is 1.99. The molecule has 0 radical (unpaired) electrons. The molecular formula is C10H8IN2-. The first-order chi connectivity index (χ1) is 6.29. The summed E-state index contributed by atoms with van der Waals surface area (Å²) in [5.74, 6) is 7.72. The molecule has 0 amide bonds. The topological polar surface area (TPSA) is 28.7 Å². The van der Waals surface area contributed by atoms with Gasteiger partial charge in [-0.15, -0.1) is 0 Å². The molecule has 0 aliphatic heterocycles. The van der Waals surface area contributed by atoms with E-state index in [1.165, 1.54) is 4.68 Å². The number of nitrogens with zero attached hydrogens (tertiary/aromatic N) is 1. The van der Waals surface area contributed by atoms with E-state index in [0.29, 0.717) is 0 Å². The van der Waals surface area contributed by atoms with Crippen molar-refractivity contribution in [3.63, 3.8) is 0 Å². The van der Waals surface area contributed by atoms with Crippen molar-refractivity contribution in [2.24, 2.45) is 0 Å². The van der Waals surface area contributed by atoms with E-state index in [1.807, 2.05) is 42.5 Å². The quantitative estimate of drug-likeness (QED) is 0.716. The Labute approximate surface area is 90.5 Å². The Balaban J connectivity index is 2.53. The van der Waals surface area contributed by atoms with Crippen molar-refractivity contribution in [2.45, 2.75) is 0 Å². The first-order valence-electron chi connectivity index (χ1n) is 3.93. The second-order valence-electron chi connectivity index (χ2n) is 2.74. The normalized spacial score (nSPS) is 10.2. The van der Waals surface area contributed by atoms with Crippen LogP contribution in [0.5, 0.6) is 0 Å². The SMILES string of the molecule is [NH-]n1c(I)ccc1-c1ccccc1. The lowest BCUT2D eigenvalue weighted by molar-refractivity contribution is 1.07. The molecule has 0 aliphatic rings. The van der Waals surface area contributed by atoms with Crippen LogP contribution in [0.1, 0.15) is 0 Å². The number of hydrogen-bond acceptors (Lipinski definition) is 0. The van der Waals surface area contributed by atoms with Crippen LogP contribution in [-0.4, -0.2) is 4.68 Å². The standard InChI is InChI=1S/C10H8IN2/c11-10-7-6-9(13(10)12)8-4-2-1-3-5-8/h1-7,12H/q-1. The summed E-state index contributed by atoms with van der Waals surface area (Å²) in [6.07, 6.45) is 0. The summed E-state index contributed by atoms with van der Waals surface area (Å²) in [6.45, 7) is 0. The minimum absolute atomic E-state index is 0.927. The molecule has 2 nitrogen and oxygen atoms in total. The maximum atomic E-state index is 7.72. The highest BCUT2D eigenvalue weighted by Crippen LogP contribution is 2.22. The molecule has 0 saturated carbocycles. The Morgan fingerprint density at radius 1 is 1.00 bits per heavy atom. The first kappa shape index (κ1) is 8.62. The summed E-state index contributed by atoms with van der Waals surface area (Å²) >= 11 is 2.15. The molecule has 0 bridgehead atoms. The summed E-state index contributed by atoms with van der Waals surface area (Å²) in [5, 5.41) is 0. The summed E-state index contributed by atoms with van der Waals surface area (Å²) < 4.78 is 2.37. The predicted octanol–water partition coefficient (Wildman–Crippen LogP) is 3.58. The highest BCUT2D eigenvalue weighted by molar-refractivity contribution is 14.1. The number of benzene rings is 1. The molecule has 1 aromatic heterocycles. The monoisotopic (exact) mass is 283 g/mol. The molecule has 2 aromatic rings. The van der Waals surface area contributed by atoms with Crippen LogP contribution in [0, 0.1) is 3.70 Å². The predicted molar refractivity (Wildman–Crippen MR) is 62.3 cm³/mol. The Kier molecular flexibility index (Phi) is 2.26. The summed E-state index contributed by atoms with van der Waals surface area (Å²) in [5.41, 5.74) is 2.02. The first-order valence-corrected chi connectivity index (χ1v) is 5.01. The van der Waals surface area contributed by atoms with Crippen LogP contribution >= 0.6 is 22.6 Å². The molecule has 0 saturated heterocycles. The third kappa shape index (κ3) is 1.56. The maximum Gasteiger partial charge on any atom is 0.0665 e. The van der Waals surface area contributed by atoms with Crippen molar-refractivity contribution in [3.8, 4) is 11.3 Å². The molecule has 0 unspecified atom stereocenters. The third-order valence-corrected chi connectivity index (χ3v) is 2.74. The fraction of sp³-hybridized carbons (Fsp3) is 0. The molecule has 0 fully saturated rings. The van der Waals surface area contributed by atoms with Crippen LogP contribution in [-0.2, 0) is 0 Å². The zero-order valence-electron chi connectivity index (χ0n) is 6.87. The molecule has 1 N–H and O–H groups in total. The van der Waals surface area contributed by atoms with Crippen LogP contribution in [0.2, 0.25) is 0 Å². The highest BCUT2D eigenvalue weighted by atomic mass is 127. The fourth-order valence-corrected chi connectivity index (χ4v) is 1.69. The fourth-order valence-electron chi connectivity index (χ4n) is 1.25. The largest absolute Gasteiger partial charge is 0.631 e. The third-order valence-electron chi connectivity index (χ3n) is 1.90. The van der Waals surface area contributed by atoms with Crippen molar-refractivity contribution < 1.29 is 0 Å². The Morgan fingerprint density at radius 2 is 1.69 bits per heavy atom. The number of rotatable bonds is 1. The number of halogens is 1. The average molecular weight is 283 g/mol. The second kappa shape index (κ2) is 3.41. The van der Waals surface area contributed by atoms with Crippen LogP contribution in [0.15, 0.2) is 42.5 Å². The molecule has 0 spiro atoms. The van der Waals surface area contributed by atoms with Gasteiger partial charge in [-0.1, -0.05) is 30.3 Å². The second-order valence-corrected chi connectivity index (χ2v) is 3.85. The molecule has 66 valence electrons. The Hall–Kier alpha value is -0.970. The van der Waals surface area contributed by atoms with Gasteiger partial charge < -0.3 is 10.5 Å². The lowest BCUT2D eigenvalue weighted by atomic mass is 10.2. The van der Waals surface area contributed by atoms with E-state index in [-0.39, 0.29) is 0 Å². The summed E-state index contributed by atoms with van der Waals surface area (Å²) in [4.78, 5) is 0. The van der Waals surface area contributed by atoms with Gasteiger partial charge >= 0.3 is 0 Å². The van der Waals surface area contributed by atoms with E-state index >= 15 is 0 Å². The summed E-state index contributed by atoms with van der Waals surface area (Å²) in [6, 6.07) is 13.9. The zero-order valence-corrected chi connectivity index (χ0v) is 9.02. The van der Waals surface area contributed by atoms with E-state index in [0.717, 1.165) is 15.0 Å². The Bertz CT molecular complexity index is 406. The molecular weight excluding hydrogens is 275 g/mol. The van der Waals surface area contributed by atoms with Crippen molar-refractivity contribution in [1.29, 1.82) is 0 Å². The molecule has 1 aromatic carbocycles. The van der Waals surface area contributed by atoms with Gasteiger partial charge in [0.2, 0.25) is 0 Å². The van der Waals surface area contributed by atoms with Gasteiger partial charge in [-0.3, -0.25) is 0 Å². The van der Waals surface area contributed by atoms with Crippen molar-refractivity contribution >= 4 is 22.6 Å². The maximum absolute atomic E-state index is 7.72. The lowest BCUT2D eigenvalue weighted by Crippen LogP contribution is -1.88. The van der Waals surface area contributed by atoms with Crippen molar-refractivity contribution in [1.82, 2.24) is 4.68 Å². The van der Waals surface area contributed by atoms with Crippen LogP contribution in [0.4, 0.5) is 0 Å². The molecule has 3 heteroatoms. The molecule has 0 aliphatic carbocycles. The van der Waals surface area contributed by atoms with Gasteiger partial charge in [-0.2, -0.15) is 0 Å². The van der Waals surface area contributed by atoms with E-state index in [1.54, 1.807) is 0 Å². The van der Waals surface area contributed by atoms with Gasteiger partial charge in [0.05, 0.1) is 3.70 Å².